The van der Waals surface area contributed by atoms with Crippen LogP contribution in [-0.2, 0) is 0 Å². The summed E-state index contributed by atoms with van der Waals surface area (Å²) in [6.07, 6.45) is 1.33. The Morgan fingerprint density at radius 2 is 2.08 bits per heavy atom. The lowest BCUT2D eigenvalue weighted by Gasteiger charge is -2.09. The van der Waals surface area contributed by atoms with Gasteiger partial charge in [0.25, 0.3) is 0 Å². The van der Waals surface area contributed by atoms with Gasteiger partial charge in [-0.1, -0.05) is 11.6 Å². The van der Waals surface area contributed by atoms with E-state index in [1.807, 2.05) is 6.92 Å². The van der Waals surface area contributed by atoms with Gasteiger partial charge in [0, 0.05) is 12.5 Å². The number of methoxy groups -OCH3 is 1. The Morgan fingerprint density at radius 3 is 2.58 bits per heavy atom. The minimum absolute atomic E-state index is 0.424. The van der Waals surface area contributed by atoms with Crippen LogP contribution in [-0.4, -0.2) is 7.11 Å². The first kappa shape index (κ1) is 9.13. The van der Waals surface area contributed by atoms with Crippen molar-refractivity contribution < 1.29 is 9.47 Å². The molecule has 0 aromatic carbocycles. The average molecular weight is 188 g/mol. The molecule has 66 valence electrons. The van der Waals surface area contributed by atoms with E-state index in [0.717, 1.165) is 5.56 Å². The van der Waals surface area contributed by atoms with Crippen LogP contribution in [0.5, 0.6) is 5.75 Å². The van der Waals surface area contributed by atoms with E-state index in [2.05, 4.69) is 0 Å². The van der Waals surface area contributed by atoms with Crippen molar-refractivity contribution in [2.75, 3.05) is 7.11 Å². The molecule has 0 saturated heterocycles. The molecule has 0 spiro atoms. The predicted octanol–water partition coefficient (Wildman–Crippen LogP) is 1.60. The lowest BCUT2D eigenvalue weighted by molar-refractivity contribution is -0.612. The molecule has 12 heavy (non-hydrogen) atoms. The Balaban J connectivity index is 3.42. The fourth-order valence-electron chi connectivity index (χ4n) is 1.08. The highest BCUT2D eigenvalue weighted by molar-refractivity contribution is 6.31. The maximum atomic E-state index is 11.1. The molecule has 0 atom stereocenters. The third-order valence-electron chi connectivity index (χ3n) is 1.79. The standard InChI is InChI=1S/C8H10ClNO2/c1-5-7(9)4-10(11)6(2)8(5)12-3/h4H,1-3H3. The van der Waals surface area contributed by atoms with Crippen LogP contribution in [0.3, 0.4) is 0 Å². The number of hydrogen-bond acceptors (Lipinski definition) is 2. The molecule has 0 N–H and O–H groups in total. The van der Waals surface area contributed by atoms with Crippen molar-refractivity contribution in [3.05, 3.63) is 27.7 Å². The van der Waals surface area contributed by atoms with Gasteiger partial charge in [-0.25, -0.2) is 0 Å². The maximum absolute atomic E-state index is 11.1. The van der Waals surface area contributed by atoms with Crippen molar-refractivity contribution in [2.24, 2.45) is 0 Å². The third-order valence-corrected chi connectivity index (χ3v) is 2.17. The van der Waals surface area contributed by atoms with E-state index >= 15 is 0 Å². The van der Waals surface area contributed by atoms with E-state index in [4.69, 9.17) is 16.3 Å². The lowest BCUT2D eigenvalue weighted by Crippen LogP contribution is -2.30. The molecule has 1 rings (SSSR count). The highest BCUT2D eigenvalue weighted by atomic mass is 35.5. The molecule has 3 nitrogen and oxygen atoms in total. The second kappa shape index (κ2) is 3.19. The van der Waals surface area contributed by atoms with Crippen molar-refractivity contribution in [3.8, 4) is 5.75 Å². The summed E-state index contributed by atoms with van der Waals surface area (Å²) in [5, 5.41) is 11.5. The number of halogens is 1. The fraction of sp³-hybridized carbons (Fsp3) is 0.375. The van der Waals surface area contributed by atoms with Gasteiger partial charge in [0.15, 0.2) is 11.9 Å². The van der Waals surface area contributed by atoms with Gasteiger partial charge in [-0.3, -0.25) is 0 Å². The first-order chi connectivity index (χ1) is 5.57. The van der Waals surface area contributed by atoms with E-state index in [0.29, 0.717) is 21.2 Å². The van der Waals surface area contributed by atoms with E-state index in [-0.39, 0.29) is 0 Å². The molecule has 0 unspecified atom stereocenters. The zero-order valence-electron chi connectivity index (χ0n) is 7.22. The van der Waals surface area contributed by atoms with Gasteiger partial charge < -0.3 is 9.94 Å². The molecular formula is C8H10ClNO2. The molecule has 0 aliphatic carbocycles. The molecule has 1 heterocycles. The molecule has 0 amide bonds. The number of ether oxygens (including phenoxy) is 1. The van der Waals surface area contributed by atoms with Gasteiger partial charge in [-0.15, -0.1) is 0 Å². The van der Waals surface area contributed by atoms with Gasteiger partial charge >= 0.3 is 0 Å². The number of hydrogen-bond donors (Lipinski definition) is 0. The van der Waals surface area contributed by atoms with E-state index in [1.54, 1.807) is 6.92 Å². The molecular weight excluding hydrogens is 178 g/mol. The fourth-order valence-corrected chi connectivity index (χ4v) is 1.25. The molecule has 1 aromatic heterocycles. The summed E-state index contributed by atoms with van der Waals surface area (Å²) in [4.78, 5) is 0. The summed E-state index contributed by atoms with van der Waals surface area (Å²) in [5.74, 6) is 0.553. The van der Waals surface area contributed by atoms with Crippen LogP contribution < -0.4 is 9.47 Å². The van der Waals surface area contributed by atoms with Crippen molar-refractivity contribution in [1.82, 2.24) is 0 Å². The van der Waals surface area contributed by atoms with Crippen LogP contribution in [0.15, 0.2) is 6.20 Å². The topological polar surface area (TPSA) is 36.2 Å². The lowest BCUT2D eigenvalue weighted by atomic mass is 10.2. The van der Waals surface area contributed by atoms with Crippen LogP contribution in [0.2, 0.25) is 5.02 Å². The second-order valence-electron chi connectivity index (χ2n) is 2.55. The summed E-state index contributed by atoms with van der Waals surface area (Å²) >= 11 is 5.77. The third kappa shape index (κ3) is 1.32. The first-order valence-electron chi connectivity index (χ1n) is 3.50. The second-order valence-corrected chi connectivity index (χ2v) is 2.95. The smallest absolute Gasteiger partial charge is 0.232 e. The molecule has 0 aliphatic rings. The number of nitrogens with zero attached hydrogens (tertiary/aromatic N) is 1. The molecule has 0 bridgehead atoms. The first-order valence-corrected chi connectivity index (χ1v) is 3.88. The van der Waals surface area contributed by atoms with Crippen LogP contribution >= 0.6 is 11.6 Å². The van der Waals surface area contributed by atoms with E-state index in [9.17, 15) is 5.21 Å². The maximum Gasteiger partial charge on any atom is 0.232 e. The van der Waals surface area contributed by atoms with Gasteiger partial charge in [-0.2, -0.15) is 4.73 Å². The van der Waals surface area contributed by atoms with Gasteiger partial charge in [0.2, 0.25) is 5.69 Å². The van der Waals surface area contributed by atoms with Crippen LogP contribution in [0, 0.1) is 19.1 Å². The summed E-state index contributed by atoms with van der Waals surface area (Å²) in [5.41, 5.74) is 1.32. The predicted molar refractivity (Wildman–Crippen MR) is 46.4 cm³/mol. The molecule has 1 aromatic rings. The highest BCUT2D eigenvalue weighted by Gasteiger charge is 2.14. The Hall–Kier alpha value is -0.960. The van der Waals surface area contributed by atoms with Gasteiger partial charge in [0.05, 0.1) is 7.11 Å². The minimum atomic E-state index is 0.424. The van der Waals surface area contributed by atoms with Crippen molar-refractivity contribution in [2.45, 2.75) is 13.8 Å². The molecule has 0 aliphatic heterocycles. The summed E-state index contributed by atoms with van der Waals surface area (Å²) in [6.45, 7) is 3.50. The molecule has 0 fully saturated rings. The quantitative estimate of drug-likeness (QED) is 0.495. The molecule has 4 heteroatoms. The Kier molecular flexibility index (Phi) is 2.43. The molecule has 0 saturated carbocycles. The highest BCUT2D eigenvalue weighted by Crippen LogP contribution is 2.25. The van der Waals surface area contributed by atoms with Crippen LogP contribution in [0.4, 0.5) is 0 Å². The zero-order valence-corrected chi connectivity index (χ0v) is 7.97. The van der Waals surface area contributed by atoms with Crippen LogP contribution in [0.1, 0.15) is 11.3 Å². The number of aromatic nitrogens is 1. The van der Waals surface area contributed by atoms with Crippen molar-refractivity contribution >= 4 is 11.6 Å². The molecule has 0 radical (unpaired) electrons. The van der Waals surface area contributed by atoms with Crippen molar-refractivity contribution in [3.63, 3.8) is 0 Å². The summed E-state index contributed by atoms with van der Waals surface area (Å²) < 4.78 is 5.73. The summed E-state index contributed by atoms with van der Waals surface area (Å²) in [7, 11) is 1.52. The Labute approximate surface area is 76.1 Å². The number of pyridine rings is 1. The zero-order chi connectivity index (χ0) is 9.30. The van der Waals surface area contributed by atoms with Gasteiger partial charge in [0.1, 0.15) is 5.02 Å². The Bertz CT molecular complexity index is 286. The number of rotatable bonds is 1. The normalized spacial score (nSPS) is 10.0. The minimum Gasteiger partial charge on any atom is -0.618 e. The largest absolute Gasteiger partial charge is 0.618 e. The van der Waals surface area contributed by atoms with Crippen LogP contribution in [0.25, 0.3) is 0 Å². The van der Waals surface area contributed by atoms with Crippen molar-refractivity contribution in [1.29, 1.82) is 0 Å². The monoisotopic (exact) mass is 187 g/mol. The van der Waals surface area contributed by atoms with Gasteiger partial charge in [-0.05, 0) is 6.92 Å². The summed E-state index contributed by atoms with van der Waals surface area (Å²) in [6, 6.07) is 0. The van der Waals surface area contributed by atoms with E-state index in [1.165, 1.54) is 13.3 Å². The average Bonchev–Trinajstić information content (AvgIpc) is 2.02. The van der Waals surface area contributed by atoms with E-state index < -0.39 is 0 Å². The Morgan fingerprint density at radius 1 is 1.50 bits per heavy atom. The SMILES string of the molecule is COc1c(C)c(Cl)c[n+]([O-])c1C.